The Morgan fingerprint density at radius 3 is 2.16 bits per heavy atom. The number of nitrogens with zero attached hydrogens (tertiary/aromatic N) is 4. The maximum atomic E-state index is 9.69. The fourth-order valence-corrected chi connectivity index (χ4v) is 12.8. The predicted octanol–water partition coefficient (Wildman–Crippen LogP) is 15.8. The van der Waals surface area contributed by atoms with Crippen molar-refractivity contribution < 1.29 is 0 Å². The van der Waals surface area contributed by atoms with Gasteiger partial charge in [-0.2, -0.15) is 10.5 Å². The molecule has 7 unspecified atom stereocenters. The van der Waals surface area contributed by atoms with Gasteiger partial charge in [0.1, 0.15) is 0 Å². The van der Waals surface area contributed by atoms with Crippen molar-refractivity contribution in [2.75, 3.05) is 0 Å². The highest BCUT2D eigenvalue weighted by Crippen LogP contribution is 2.52. The molecule has 2 heterocycles. The molecule has 342 valence electrons. The fraction of sp³-hybridized carbons (Fsp3) is 0.242. The Balaban J connectivity index is 0.805. The molecule has 5 aliphatic carbocycles. The molecule has 5 aromatic carbocycles. The van der Waals surface area contributed by atoms with Crippen LogP contribution in [-0.2, 0) is 12.8 Å². The van der Waals surface area contributed by atoms with E-state index in [2.05, 4.69) is 204 Å². The van der Waals surface area contributed by atoms with Gasteiger partial charge >= 0.3 is 0 Å². The Morgan fingerprint density at radius 1 is 0.643 bits per heavy atom. The van der Waals surface area contributed by atoms with Crippen molar-refractivity contribution in [1.29, 1.82) is 10.5 Å². The average molecular weight is 907 g/mol. The lowest BCUT2D eigenvalue weighted by Crippen LogP contribution is -2.31. The number of allylic oxidation sites excluding steroid dienone is 17. The number of hydrogen-bond acceptors (Lipinski definition) is 3. The Hall–Kier alpha value is -7.66. The first-order valence-corrected chi connectivity index (χ1v) is 25.6. The largest absolute Gasteiger partial charge is 0.341 e. The van der Waals surface area contributed by atoms with Crippen LogP contribution in [0.4, 0.5) is 0 Å². The van der Waals surface area contributed by atoms with Crippen LogP contribution in [0.15, 0.2) is 223 Å². The van der Waals surface area contributed by atoms with Gasteiger partial charge in [-0.3, -0.25) is 0 Å². The third kappa shape index (κ3) is 8.26. The van der Waals surface area contributed by atoms with E-state index in [1.54, 1.807) is 0 Å². The van der Waals surface area contributed by atoms with E-state index in [4.69, 9.17) is 0 Å². The highest BCUT2D eigenvalue weighted by molar-refractivity contribution is 6.08. The SMILES string of the molecule is N#CC1=CCC(C(Cc2ccc(-c3ccc(CC(C4=CC=C5C(C4)C4CCC=CC4N5C4=CC=CCC4)c4ccc(C#N)cc4)cc3)cc2)c2ccc3c(c2)c2ccccc2n3C2C=CC=CC2)C=C1. The first-order chi connectivity index (χ1) is 34.6. The van der Waals surface area contributed by atoms with Gasteiger partial charge < -0.3 is 9.47 Å². The van der Waals surface area contributed by atoms with Crippen LogP contribution in [0.3, 0.4) is 0 Å². The van der Waals surface area contributed by atoms with Crippen molar-refractivity contribution in [2.45, 2.75) is 81.7 Å². The van der Waals surface area contributed by atoms with Gasteiger partial charge in [0.15, 0.2) is 0 Å². The molecule has 1 aliphatic heterocycles. The molecule has 4 nitrogen and oxygen atoms in total. The lowest BCUT2D eigenvalue weighted by atomic mass is 9.73. The lowest BCUT2D eigenvalue weighted by molar-refractivity contribution is 0.306. The van der Waals surface area contributed by atoms with Gasteiger partial charge in [0.25, 0.3) is 0 Å². The van der Waals surface area contributed by atoms with Crippen LogP contribution in [0.25, 0.3) is 32.9 Å². The Bertz CT molecular complexity index is 3350. The maximum Gasteiger partial charge on any atom is 0.0991 e. The molecule has 0 radical (unpaired) electrons. The summed E-state index contributed by atoms with van der Waals surface area (Å²) in [6.07, 6.45) is 41.3. The smallest absolute Gasteiger partial charge is 0.0991 e. The van der Waals surface area contributed by atoms with E-state index in [9.17, 15) is 10.5 Å². The Labute approximate surface area is 413 Å². The second-order valence-corrected chi connectivity index (χ2v) is 20.3. The zero-order valence-electron chi connectivity index (χ0n) is 39.7. The Morgan fingerprint density at radius 2 is 1.43 bits per heavy atom. The molecule has 0 bridgehead atoms. The molecule has 0 saturated carbocycles. The normalized spacial score (nSPS) is 23.2. The minimum absolute atomic E-state index is 0.221. The van der Waals surface area contributed by atoms with Crippen LogP contribution in [0.2, 0.25) is 0 Å². The third-order valence-electron chi connectivity index (χ3n) is 16.4. The van der Waals surface area contributed by atoms with Crippen molar-refractivity contribution in [3.05, 3.63) is 251 Å². The summed E-state index contributed by atoms with van der Waals surface area (Å²) in [6, 6.07) is 48.3. The first kappa shape index (κ1) is 43.6. The number of fused-ring (bicyclic) bond motifs is 6. The minimum atomic E-state index is 0.221. The first-order valence-electron chi connectivity index (χ1n) is 25.6. The van der Waals surface area contributed by atoms with Gasteiger partial charge in [-0.05, 0) is 157 Å². The van der Waals surface area contributed by atoms with E-state index in [1.807, 2.05) is 18.2 Å². The molecule has 0 spiro atoms. The van der Waals surface area contributed by atoms with Crippen LogP contribution in [0.5, 0.6) is 0 Å². The minimum Gasteiger partial charge on any atom is -0.341 e. The molecule has 1 fully saturated rings. The van der Waals surface area contributed by atoms with Crippen LogP contribution in [-0.4, -0.2) is 15.5 Å². The molecular weight excluding hydrogens is 849 g/mol. The monoisotopic (exact) mass is 906 g/mol. The summed E-state index contributed by atoms with van der Waals surface area (Å²) in [6.45, 7) is 0. The Kier molecular flexibility index (Phi) is 11.9. The van der Waals surface area contributed by atoms with Gasteiger partial charge in [0.2, 0.25) is 0 Å². The highest BCUT2D eigenvalue weighted by Gasteiger charge is 2.47. The lowest BCUT2D eigenvalue weighted by Gasteiger charge is -2.33. The van der Waals surface area contributed by atoms with E-state index < -0.39 is 0 Å². The van der Waals surface area contributed by atoms with Gasteiger partial charge in [-0.15, -0.1) is 0 Å². The molecule has 4 heteroatoms. The molecule has 0 amide bonds. The van der Waals surface area contributed by atoms with E-state index in [-0.39, 0.29) is 17.8 Å². The van der Waals surface area contributed by atoms with E-state index in [0.29, 0.717) is 29.5 Å². The second kappa shape index (κ2) is 19.0. The van der Waals surface area contributed by atoms with Crippen molar-refractivity contribution >= 4 is 21.8 Å². The third-order valence-corrected chi connectivity index (χ3v) is 16.4. The molecule has 12 rings (SSSR count). The molecule has 7 atom stereocenters. The molecular formula is C66H58N4. The number of likely N-dealkylation sites (tertiary alicyclic amines) is 1. The number of aromatic nitrogens is 1. The summed E-state index contributed by atoms with van der Waals surface area (Å²) in [4.78, 5) is 2.69. The summed E-state index contributed by atoms with van der Waals surface area (Å²) in [5, 5.41) is 22.0. The van der Waals surface area contributed by atoms with E-state index in [0.717, 1.165) is 56.9 Å². The maximum absolute atomic E-state index is 9.69. The number of para-hydroxylation sites is 1. The zero-order chi connectivity index (χ0) is 47.0. The summed E-state index contributed by atoms with van der Waals surface area (Å²) in [5.74, 6) is 1.87. The van der Waals surface area contributed by atoms with Crippen LogP contribution >= 0.6 is 0 Å². The highest BCUT2D eigenvalue weighted by atomic mass is 15.2. The van der Waals surface area contributed by atoms with Gasteiger partial charge in [0, 0.05) is 50.6 Å². The predicted molar refractivity (Wildman–Crippen MR) is 286 cm³/mol. The van der Waals surface area contributed by atoms with Crippen molar-refractivity contribution in [3.8, 4) is 23.3 Å². The van der Waals surface area contributed by atoms with E-state index >= 15 is 0 Å². The van der Waals surface area contributed by atoms with Crippen molar-refractivity contribution in [1.82, 2.24) is 9.47 Å². The fourth-order valence-electron chi connectivity index (χ4n) is 12.8. The van der Waals surface area contributed by atoms with Crippen LogP contribution in [0, 0.1) is 40.4 Å². The quantitative estimate of drug-likeness (QED) is 0.122. The second-order valence-electron chi connectivity index (χ2n) is 20.3. The molecule has 0 N–H and O–H groups in total. The summed E-state index contributed by atoms with van der Waals surface area (Å²) >= 11 is 0. The molecule has 6 aromatic rings. The summed E-state index contributed by atoms with van der Waals surface area (Å²) < 4.78 is 2.52. The number of hydrogen-bond donors (Lipinski definition) is 0. The van der Waals surface area contributed by atoms with Crippen LogP contribution in [0.1, 0.15) is 90.6 Å². The summed E-state index contributed by atoms with van der Waals surface area (Å²) in [7, 11) is 0. The number of benzene rings is 5. The van der Waals surface area contributed by atoms with Gasteiger partial charge in [-0.1, -0.05) is 157 Å². The topological polar surface area (TPSA) is 55.8 Å². The molecule has 70 heavy (non-hydrogen) atoms. The van der Waals surface area contributed by atoms with Crippen LogP contribution < -0.4 is 0 Å². The average Bonchev–Trinajstić information content (AvgIpc) is 3.95. The zero-order valence-corrected chi connectivity index (χ0v) is 39.7. The number of nitriles is 2. The van der Waals surface area contributed by atoms with Gasteiger partial charge in [0.05, 0.1) is 29.8 Å². The van der Waals surface area contributed by atoms with Crippen molar-refractivity contribution in [3.63, 3.8) is 0 Å². The standard InChI is InChI=1S/C66H58N4/c67-43-47-23-31-51(32-24-47)59(53-35-37-65-61(41-53)57-15-7-9-17-63(57)69(65)55-11-3-1-4-12-55)39-45-19-27-49(28-20-45)50-29-21-46(22-30-50)40-60(52-33-25-48(44-68)26-34-52)54-36-38-66-62(42-54)58-16-8-10-18-64(58)70(66)56-13-5-2-6-14-56/h1-5,7,9-11,13,15,17-31,33-38,41,51,55,58-60,62,64H,6,8,12,14,16,32,39-40,42H2. The molecule has 1 saturated heterocycles. The molecule has 1 aromatic heterocycles. The van der Waals surface area contributed by atoms with E-state index in [1.165, 1.54) is 78.6 Å². The van der Waals surface area contributed by atoms with Gasteiger partial charge in [-0.25, -0.2) is 0 Å². The van der Waals surface area contributed by atoms with Crippen molar-refractivity contribution in [2.24, 2.45) is 17.8 Å². The number of rotatable bonds is 11. The molecule has 6 aliphatic rings. The summed E-state index contributed by atoms with van der Waals surface area (Å²) in [5.41, 5.74) is 16.2.